The van der Waals surface area contributed by atoms with Gasteiger partial charge in [0.25, 0.3) is 5.91 Å². The molecule has 2 N–H and O–H groups in total. The van der Waals surface area contributed by atoms with Gasteiger partial charge in [0.2, 0.25) is 0 Å². The van der Waals surface area contributed by atoms with Crippen LogP contribution in [0.1, 0.15) is 100 Å². The maximum absolute atomic E-state index is 12.8. The van der Waals surface area contributed by atoms with Crippen LogP contribution in [0.2, 0.25) is 0 Å². The molecule has 1 unspecified atom stereocenters. The summed E-state index contributed by atoms with van der Waals surface area (Å²) in [6.07, 6.45) is 3.64. The number of fused-ring (bicyclic) bond motifs is 1. The number of carbonyl (C=O) groups is 1. The Hall–Kier alpha value is -2.24. The molecule has 0 aliphatic heterocycles. The third-order valence-corrected chi connectivity index (χ3v) is 5.11. The molecule has 0 fully saturated rings. The molecule has 6 heteroatoms. The fourth-order valence-electron chi connectivity index (χ4n) is 3.52. The number of rotatable bonds is 3. The zero-order valence-corrected chi connectivity index (χ0v) is 17.5. The first-order valence-corrected chi connectivity index (χ1v) is 9.69. The van der Waals surface area contributed by atoms with Crippen LogP contribution in [0.4, 0.5) is 0 Å². The second-order valence-corrected chi connectivity index (χ2v) is 9.78. The van der Waals surface area contributed by atoms with E-state index in [1.54, 1.807) is 0 Å². The summed E-state index contributed by atoms with van der Waals surface area (Å²) in [5.41, 5.74) is 3.41. The first-order valence-electron chi connectivity index (χ1n) is 9.69. The highest BCUT2D eigenvalue weighted by atomic mass is 16.2. The summed E-state index contributed by atoms with van der Waals surface area (Å²) < 4.78 is 0. The Morgan fingerprint density at radius 3 is 2.63 bits per heavy atom. The van der Waals surface area contributed by atoms with E-state index in [4.69, 9.17) is 4.98 Å². The number of aromatic nitrogens is 4. The van der Waals surface area contributed by atoms with Crippen LogP contribution in [0.5, 0.6) is 0 Å². The maximum Gasteiger partial charge on any atom is 0.272 e. The molecular weight excluding hydrogens is 338 g/mol. The lowest BCUT2D eigenvalue weighted by atomic mass is 9.74. The summed E-state index contributed by atoms with van der Waals surface area (Å²) >= 11 is 0. The molecule has 1 aliphatic rings. The Balaban J connectivity index is 1.88. The van der Waals surface area contributed by atoms with Crippen molar-refractivity contribution in [1.82, 2.24) is 25.5 Å². The van der Waals surface area contributed by atoms with Gasteiger partial charge in [-0.1, -0.05) is 48.5 Å². The molecular formula is C21H31N5O. The molecule has 27 heavy (non-hydrogen) atoms. The summed E-state index contributed by atoms with van der Waals surface area (Å²) in [6, 6.07) is 1.72. The molecule has 0 aromatic carbocycles. The number of hydrogen-bond acceptors (Lipinski definition) is 4. The average molecular weight is 370 g/mol. The highest BCUT2D eigenvalue weighted by molar-refractivity contribution is 5.92. The van der Waals surface area contributed by atoms with Crippen molar-refractivity contribution in [2.24, 2.45) is 5.41 Å². The molecule has 2 aromatic heterocycles. The predicted octanol–water partition coefficient (Wildman–Crippen LogP) is 4.06. The van der Waals surface area contributed by atoms with Crippen LogP contribution >= 0.6 is 0 Å². The Morgan fingerprint density at radius 1 is 1.33 bits per heavy atom. The number of hydrogen-bond donors (Lipinski definition) is 2. The van der Waals surface area contributed by atoms with Crippen LogP contribution in [-0.4, -0.2) is 26.1 Å². The number of aromatic amines is 1. The second kappa shape index (κ2) is 6.73. The third kappa shape index (κ3) is 4.20. The van der Waals surface area contributed by atoms with Gasteiger partial charge in [-0.2, -0.15) is 5.10 Å². The first-order chi connectivity index (χ1) is 12.5. The second-order valence-electron chi connectivity index (χ2n) is 9.78. The van der Waals surface area contributed by atoms with Gasteiger partial charge >= 0.3 is 0 Å². The number of amides is 1. The van der Waals surface area contributed by atoms with Crippen LogP contribution in [-0.2, 0) is 11.8 Å². The molecule has 0 spiro atoms. The molecule has 2 heterocycles. The average Bonchev–Trinajstić information content (AvgIpc) is 3.02. The van der Waals surface area contributed by atoms with Crippen molar-refractivity contribution in [3.05, 3.63) is 40.7 Å². The highest BCUT2D eigenvalue weighted by Gasteiger charge is 2.35. The van der Waals surface area contributed by atoms with Gasteiger partial charge in [-0.05, 0) is 30.2 Å². The monoisotopic (exact) mass is 369 g/mol. The predicted molar refractivity (Wildman–Crippen MR) is 106 cm³/mol. The quantitative estimate of drug-likeness (QED) is 0.854. The number of nitrogens with zero attached hydrogens (tertiary/aromatic N) is 3. The molecule has 0 saturated carbocycles. The largest absolute Gasteiger partial charge is 0.344 e. The Labute approximate surface area is 161 Å². The summed E-state index contributed by atoms with van der Waals surface area (Å²) in [6.45, 7) is 14.9. The normalized spacial score (nSPS) is 19.0. The van der Waals surface area contributed by atoms with E-state index < -0.39 is 0 Å². The van der Waals surface area contributed by atoms with Gasteiger partial charge in [-0.25, -0.2) is 9.97 Å². The molecule has 6 nitrogen and oxygen atoms in total. The number of carbonyl (C=O) groups excluding carboxylic acids is 1. The van der Waals surface area contributed by atoms with E-state index in [0.717, 1.165) is 35.6 Å². The van der Waals surface area contributed by atoms with Crippen LogP contribution in [0, 0.1) is 5.41 Å². The molecule has 3 rings (SSSR count). The van der Waals surface area contributed by atoms with Crippen molar-refractivity contribution in [3.63, 3.8) is 0 Å². The van der Waals surface area contributed by atoms with Gasteiger partial charge in [0.15, 0.2) is 0 Å². The van der Waals surface area contributed by atoms with Crippen LogP contribution < -0.4 is 5.32 Å². The minimum absolute atomic E-state index is 0.0587. The van der Waals surface area contributed by atoms with Crippen molar-refractivity contribution in [1.29, 1.82) is 0 Å². The minimum Gasteiger partial charge on any atom is -0.344 e. The number of H-pyrrole nitrogens is 1. The van der Waals surface area contributed by atoms with Crippen molar-refractivity contribution < 1.29 is 4.79 Å². The molecule has 0 radical (unpaired) electrons. The lowest BCUT2D eigenvalue weighted by Gasteiger charge is -2.37. The highest BCUT2D eigenvalue weighted by Crippen LogP contribution is 2.40. The molecule has 146 valence electrons. The van der Waals surface area contributed by atoms with Gasteiger partial charge < -0.3 is 5.32 Å². The SMILES string of the molecule is CC(C)c1cc(C(=O)NC2CC(C)(C)Cc3nc(C(C)(C)C)ncc32)n[nH]1. The van der Waals surface area contributed by atoms with Gasteiger partial charge in [-0.15, -0.1) is 0 Å². The summed E-state index contributed by atoms with van der Waals surface area (Å²) in [4.78, 5) is 22.2. The Kier molecular flexibility index (Phi) is 4.87. The van der Waals surface area contributed by atoms with Crippen LogP contribution in [0.15, 0.2) is 12.3 Å². The zero-order chi connectivity index (χ0) is 20.0. The van der Waals surface area contributed by atoms with Crippen molar-refractivity contribution in [2.45, 2.75) is 78.7 Å². The van der Waals surface area contributed by atoms with Crippen molar-refractivity contribution in [2.75, 3.05) is 0 Å². The van der Waals surface area contributed by atoms with Crippen molar-refractivity contribution >= 4 is 5.91 Å². The van der Waals surface area contributed by atoms with Crippen LogP contribution in [0.25, 0.3) is 0 Å². The van der Waals surface area contributed by atoms with E-state index in [9.17, 15) is 4.79 Å². The van der Waals surface area contributed by atoms with Gasteiger partial charge in [-0.3, -0.25) is 9.89 Å². The zero-order valence-electron chi connectivity index (χ0n) is 17.5. The fourth-order valence-corrected chi connectivity index (χ4v) is 3.52. The lowest BCUT2D eigenvalue weighted by molar-refractivity contribution is 0.0913. The van der Waals surface area contributed by atoms with E-state index in [1.165, 1.54) is 0 Å². The smallest absolute Gasteiger partial charge is 0.272 e. The Morgan fingerprint density at radius 2 is 2.04 bits per heavy atom. The molecule has 2 aromatic rings. The van der Waals surface area contributed by atoms with E-state index >= 15 is 0 Å². The summed E-state index contributed by atoms with van der Waals surface area (Å²) in [5.74, 6) is 0.988. The first kappa shape index (κ1) is 19.5. The third-order valence-electron chi connectivity index (χ3n) is 5.11. The molecule has 0 bridgehead atoms. The standard InChI is InChI=1S/C21H31N5O/c1-12(2)14-8-15(26-25-14)18(27)23-16-9-21(6,7)10-17-13(16)11-22-19(24-17)20(3,4)5/h8,11-12,16H,9-10H2,1-7H3,(H,23,27)(H,25,26). The van der Waals surface area contributed by atoms with Crippen molar-refractivity contribution in [3.8, 4) is 0 Å². The van der Waals surface area contributed by atoms with Gasteiger partial charge in [0.1, 0.15) is 11.5 Å². The topological polar surface area (TPSA) is 83.6 Å². The van der Waals surface area contributed by atoms with E-state index in [0.29, 0.717) is 11.6 Å². The lowest BCUT2D eigenvalue weighted by Crippen LogP contribution is -2.37. The van der Waals surface area contributed by atoms with E-state index in [1.807, 2.05) is 12.3 Å². The number of nitrogens with one attached hydrogen (secondary N) is 2. The molecule has 1 amide bonds. The summed E-state index contributed by atoms with van der Waals surface area (Å²) in [5, 5.41) is 10.3. The van der Waals surface area contributed by atoms with Gasteiger partial charge in [0.05, 0.1) is 6.04 Å². The minimum atomic E-state index is -0.160. The molecule has 0 saturated heterocycles. The van der Waals surface area contributed by atoms with Crippen LogP contribution in [0.3, 0.4) is 0 Å². The van der Waals surface area contributed by atoms with Gasteiger partial charge in [0, 0.05) is 28.6 Å². The molecule has 1 atom stereocenters. The fraction of sp³-hybridized carbons (Fsp3) is 0.619. The summed E-state index contributed by atoms with van der Waals surface area (Å²) in [7, 11) is 0. The molecule has 1 aliphatic carbocycles. The maximum atomic E-state index is 12.8. The van der Waals surface area contributed by atoms with E-state index in [2.05, 4.69) is 69.0 Å². The Bertz CT molecular complexity index is 844. The van der Waals surface area contributed by atoms with E-state index in [-0.39, 0.29) is 22.8 Å².